The monoisotopic (exact) mass is 403 g/mol. The molecule has 0 fully saturated rings. The van der Waals surface area contributed by atoms with Gasteiger partial charge in [0.15, 0.2) is 5.78 Å². The van der Waals surface area contributed by atoms with E-state index in [1.165, 1.54) is 11.3 Å². The first-order valence-corrected chi connectivity index (χ1v) is 8.24. The van der Waals surface area contributed by atoms with Crippen LogP contribution in [0.15, 0.2) is 26.0 Å². The number of rotatable bonds is 3. The second-order valence-electron chi connectivity index (χ2n) is 4.41. The van der Waals surface area contributed by atoms with Crippen molar-refractivity contribution in [2.75, 3.05) is 13.1 Å². The number of fused-ring (bicyclic) bond motifs is 1. The maximum atomic E-state index is 12.3. The number of hydrogen-bond donors (Lipinski definition) is 0. The summed E-state index contributed by atoms with van der Waals surface area (Å²) in [4.78, 5) is 18.7. The lowest BCUT2D eigenvalue weighted by molar-refractivity contribution is 0.0908. The van der Waals surface area contributed by atoms with Crippen molar-refractivity contribution in [2.45, 2.75) is 13.1 Å². The summed E-state index contributed by atoms with van der Waals surface area (Å²) in [5, 5.41) is 0. The summed E-state index contributed by atoms with van der Waals surface area (Å²) in [5.74, 6) is 1.18. The number of hydrogen-bond acceptors (Lipinski definition) is 4. The van der Waals surface area contributed by atoms with Gasteiger partial charge in [-0.2, -0.15) is 0 Å². The second-order valence-corrected chi connectivity index (χ2v) is 8.16. The van der Waals surface area contributed by atoms with Gasteiger partial charge in [0.25, 0.3) is 0 Å². The van der Waals surface area contributed by atoms with Crippen LogP contribution in [0.5, 0.6) is 0 Å². The van der Waals surface area contributed by atoms with Crippen molar-refractivity contribution in [3.8, 4) is 0 Å². The van der Waals surface area contributed by atoms with Gasteiger partial charge in [-0.15, -0.1) is 11.3 Å². The number of thiophene rings is 1. The minimum Gasteiger partial charge on any atom is -0.333 e. The molecule has 0 bridgehead atoms. The normalized spacial score (nSPS) is 15.5. The fraction of sp³-hybridized carbons (Fsp3) is 0.333. The number of imidazole rings is 1. The number of carbonyl (C=O) groups excluding carboxylic acids is 1. The van der Waals surface area contributed by atoms with Gasteiger partial charge < -0.3 is 4.57 Å². The number of aromatic nitrogens is 2. The van der Waals surface area contributed by atoms with Crippen LogP contribution in [-0.2, 0) is 13.1 Å². The molecule has 0 saturated carbocycles. The summed E-state index contributed by atoms with van der Waals surface area (Å²) in [6.45, 7) is 2.96. The zero-order valence-corrected chi connectivity index (χ0v) is 14.0. The Balaban J connectivity index is 1.70. The molecular formula is C12H11Br2N3OS. The minimum atomic E-state index is 0.147. The highest BCUT2D eigenvalue weighted by Crippen LogP contribution is 2.32. The average molecular weight is 405 g/mol. The van der Waals surface area contributed by atoms with Gasteiger partial charge in [-0.05, 0) is 37.9 Å². The summed E-state index contributed by atoms with van der Waals surface area (Å²) in [6.07, 6.45) is 3.80. The standard InChI is InChI=1S/C12H11Br2N3OS/c13-10-5-8(12(14)19-10)9(18)6-16-3-4-17-2-1-15-11(17)7-16/h1-2,5H,3-4,6-7H2. The first-order valence-electron chi connectivity index (χ1n) is 5.84. The quantitative estimate of drug-likeness (QED) is 0.737. The maximum Gasteiger partial charge on any atom is 0.178 e. The molecule has 1 aliphatic heterocycles. The van der Waals surface area contributed by atoms with E-state index in [2.05, 4.69) is 46.3 Å². The van der Waals surface area contributed by atoms with Crippen molar-refractivity contribution >= 4 is 49.0 Å². The van der Waals surface area contributed by atoms with E-state index < -0.39 is 0 Å². The van der Waals surface area contributed by atoms with E-state index in [-0.39, 0.29) is 5.78 Å². The Morgan fingerprint density at radius 3 is 3.00 bits per heavy atom. The Labute approximate surface area is 131 Å². The summed E-state index contributed by atoms with van der Waals surface area (Å²) in [7, 11) is 0. The average Bonchev–Trinajstić information content (AvgIpc) is 2.94. The van der Waals surface area contributed by atoms with E-state index in [1.807, 2.05) is 18.5 Å². The van der Waals surface area contributed by atoms with Crippen LogP contribution in [0.4, 0.5) is 0 Å². The third-order valence-corrected chi connectivity index (χ3v) is 5.49. The molecular weight excluding hydrogens is 394 g/mol. The molecule has 0 atom stereocenters. The van der Waals surface area contributed by atoms with Crippen molar-refractivity contribution in [1.82, 2.24) is 14.5 Å². The largest absolute Gasteiger partial charge is 0.333 e. The van der Waals surface area contributed by atoms with Crippen LogP contribution in [0.1, 0.15) is 16.2 Å². The van der Waals surface area contributed by atoms with Crippen molar-refractivity contribution in [3.63, 3.8) is 0 Å². The van der Waals surface area contributed by atoms with E-state index in [0.29, 0.717) is 6.54 Å². The number of ketones is 1. The predicted molar refractivity (Wildman–Crippen MR) is 81.6 cm³/mol. The lowest BCUT2D eigenvalue weighted by Crippen LogP contribution is -2.37. The van der Waals surface area contributed by atoms with Crippen LogP contribution < -0.4 is 0 Å². The van der Waals surface area contributed by atoms with Crippen molar-refractivity contribution in [3.05, 3.63) is 37.4 Å². The van der Waals surface area contributed by atoms with E-state index in [9.17, 15) is 4.79 Å². The molecule has 0 aliphatic carbocycles. The molecule has 3 rings (SSSR count). The molecule has 19 heavy (non-hydrogen) atoms. The molecule has 7 heteroatoms. The summed E-state index contributed by atoms with van der Waals surface area (Å²) >= 11 is 8.36. The van der Waals surface area contributed by atoms with Gasteiger partial charge in [-0.3, -0.25) is 9.69 Å². The SMILES string of the molecule is O=C(CN1CCn2ccnc2C1)c1cc(Br)sc1Br. The Morgan fingerprint density at radius 2 is 2.26 bits per heavy atom. The fourth-order valence-electron chi connectivity index (χ4n) is 2.18. The van der Waals surface area contributed by atoms with Crippen LogP contribution in [0.2, 0.25) is 0 Å². The van der Waals surface area contributed by atoms with Gasteiger partial charge in [0.2, 0.25) is 0 Å². The summed E-state index contributed by atoms with van der Waals surface area (Å²) in [6, 6.07) is 1.88. The molecule has 0 unspecified atom stereocenters. The molecule has 0 aromatic carbocycles. The molecule has 0 spiro atoms. The predicted octanol–water partition coefficient (Wildman–Crippen LogP) is 3.17. The zero-order chi connectivity index (χ0) is 13.4. The van der Waals surface area contributed by atoms with Gasteiger partial charge in [-0.25, -0.2) is 4.98 Å². The highest BCUT2D eigenvalue weighted by atomic mass is 79.9. The molecule has 0 amide bonds. The highest BCUT2D eigenvalue weighted by Gasteiger charge is 2.21. The molecule has 0 N–H and O–H groups in total. The first kappa shape index (κ1) is 13.5. The van der Waals surface area contributed by atoms with Crippen molar-refractivity contribution in [1.29, 1.82) is 0 Å². The molecule has 0 saturated heterocycles. The summed E-state index contributed by atoms with van der Waals surface area (Å²) < 4.78 is 4.00. The second kappa shape index (κ2) is 5.47. The molecule has 2 aromatic heterocycles. The van der Waals surface area contributed by atoms with Crippen LogP contribution >= 0.6 is 43.2 Å². The van der Waals surface area contributed by atoms with E-state index in [0.717, 1.165) is 38.6 Å². The third-order valence-electron chi connectivity index (χ3n) is 3.15. The Bertz CT molecular complexity index is 622. The van der Waals surface area contributed by atoms with E-state index >= 15 is 0 Å². The molecule has 1 aliphatic rings. The molecule has 2 aromatic rings. The number of nitrogens with zero attached hydrogens (tertiary/aromatic N) is 3. The molecule has 4 nitrogen and oxygen atoms in total. The van der Waals surface area contributed by atoms with Gasteiger partial charge in [0.05, 0.1) is 20.7 Å². The van der Waals surface area contributed by atoms with Crippen molar-refractivity contribution in [2.24, 2.45) is 0 Å². The Morgan fingerprint density at radius 1 is 1.42 bits per heavy atom. The fourth-order valence-corrected chi connectivity index (χ4v) is 5.03. The van der Waals surface area contributed by atoms with Gasteiger partial charge in [0.1, 0.15) is 5.82 Å². The Hall–Kier alpha value is -0.500. The molecule has 3 heterocycles. The Kier molecular flexibility index (Phi) is 3.88. The van der Waals surface area contributed by atoms with Crippen LogP contribution in [0.3, 0.4) is 0 Å². The lowest BCUT2D eigenvalue weighted by Gasteiger charge is -2.26. The van der Waals surface area contributed by atoms with Crippen molar-refractivity contribution < 1.29 is 4.79 Å². The van der Waals surface area contributed by atoms with E-state index in [1.54, 1.807) is 0 Å². The summed E-state index contributed by atoms with van der Waals surface area (Å²) in [5.41, 5.74) is 0.755. The lowest BCUT2D eigenvalue weighted by atomic mass is 10.2. The van der Waals surface area contributed by atoms with Crippen LogP contribution in [-0.4, -0.2) is 33.3 Å². The zero-order valence-electron chi connectivity index (χ0n) is 9.97. The molecule has 0 radical (unpaired) electrons. The first-order chi connectivity index (χ1) is 9.13. The minimum absolute atomic E-state index is 0.147. The highest BCUT2D eigenvalue weighted by molar-refractivity contribution is 9.12. The van der Waals surface area contributed by atoms with Crippen LogP contribution in [0, 0.1) is 0 Å². The topological polar surface area (TPSA) is 38.1 Å². The van der Waals surface area contributed by atoms with Crippen LogP contribution in [0.25, 0.3) is 0 Å². The maximum absolute atomic E-state index is 12.3. The number of halogens is 2. The smallest absolute Gasteiger partial charge is 0.178 e. The number of Topliss-reactive ketones (excluding diaryl/α,β-unsaturated/α-hetero) is 1. The molecule has 100 valence electrons. The van der Waals surface area contributed by atoms with E-state index in [4.69, 9.17) is 0 Å². The van der Waals surface area contributed by atoms with Gasteiger partial charge >= 0.3 is 0 Å². The number of carbonyl (C=O) groups is 1. The van der Waals surface area contributed by atoms with Gasteiger partial charge in [-0.1, -0.05) is 0 Å². The third kappa shape index (κ3) is 2.84. The van der Waals surface area contributed by atoms with Gasteiger partial charge in [0, 0.05) is 31.0 Å².